The number of carbonyl (C=O) groups excluding carboxylic acids is 1. The van der Waals surface area contributed by atoms with E-state index in [0.29, 0.717) is 12.2 Å². The lowest BCUT2D eigenvalue weighted by molar-refractivity contribution is 0.0939. The van der Waals surface area contributed by atoms with Gasteiger partial charge in [-0.05, 0) is 56.7 Å². The van der Waals surface area contributed by atoms with E-state index < -0.39 is 0 Å². The standard InChI is InChI=1S/C25H27NO2S/c1-4-28-24-15-12-21(25(27)26-19(3)20-8-6-5-7-9-20)16-22(24)17-29-23-13-10-18(2)11-14-23/h5-16,19H,4,17H2,1-3H3,(H,26,27)/t19-/m1/s1. The summed E-state index contributed by atoms with van der Waals surface area (Å²) in [6, 6.07) is 24.1. The molecule has 0 unspecified atom stereocenters. The molecule has 3 aromatic carbocycles. The summed E-state index contributed by atoms with van der Waals surface area (Å²) in [4.78, 5) is 14.0. The highest BCUT2D eigenvalue weighted by atomic mass is 32.2. The van der Waals surface area contributed by atoms with E-state index in [1.165, 1.54) is 10.5 Å². The van der Waals surface area contributed by atoms with E-state index in [1.807, 2.05) is 62.4 Å². The first kappa shape index (κ1) is 21.0. The fourth-order valence-electron chi connectivity index (χ4n) is 3.03. The fourth-order valence-corrected chi connectivity index (χ4v) is 3.91. The van der Waals surface area contributed by atoms with Crippen LogP contribution in [0.4, 0.5) is 0 Å². The number of ether oxygens (including phenoxy) is 1. The van der Waals surface area contributed by atoms with E-state index in [2.05, 4.69) is 36.5 Å². The van der Waals surface area contributed by atoms with Gasteiger partial charge in [-0.15, -0.1) is 11.8 Å². The molecule has 3 rings (SSSR count). The maximum absolute atomic E-state index is 12.8. The van der Waals surface area contributed by atoms with Crippen molar-refractivity contribution in [1.82, 2.24) is 5.32 Å². The van der Waals surface area contributed by atoms with Crippen LogP contribution >= 0.6 is 11.8 Å². The SMILES string of the molecule is CCOc1ccc(C(=O)N[C@H](C)c2ccccc2)cc1CSc1ccc(C)cc1. The van der Waals surface area contributed by atoms with Gasteiger partial charge in [-0.1, -0.05) is 48.0 Å². The van der Waals surface area contributed by atoms with E-state index >= 15 is 0 Å². The van der Waals surface area contributed by atoms with Crippen molar-refractivity contribution in [2.75, 3.05) is 6.61 Å². The number of hydrogen-bond acceptors (Lipinski definition) is 3. The maximum Gasteiger partial charge on any atom is 0.251 e. The van der Waals surface area contributed by atoms with Crippen LogP contribution in [-0.4, -0.2) is 12.5 Å². The summed E-state index contributed by atoms with van der Waals surface area (Å²) < 4.78 is 5.78. The first-order chi connectivity index (χ1) is 14.1. The predicted octanol–water partition coefficient (Wildman–Crippen LogP) is 6.18. The van der Waals surface area contributed by atoms with Gasteiger partial charge in [0.25, 0.3) is 5.91 Å². The predicted molar refractivity (Wildman–Crippen MR) is 121 cm³/mol. The molecule has 0 heterocycles. The lowest BCUT2D eigenvalue weighted by Crippen LogP contribution is -2.26. The summed E-state index contributed by atoms with van der Waals surface area (Å²) in [5.74, 6) is 1.50. The normalized spacial score (nSPS) is 11.7. The Kier molecular flexibility index (Phi) is 7.36. The van der Waals surface area contributed by atoms with Crippen LogP contribution in [0.25, 0.3) is 0 Å². The largest absolute Gasteiger partial charge is 0.494 e. The number of hydrogen-bond donors (Lipinski definition) is 1. The Hall–Kier alpha value is -2.72. The second kappa shape index (κ2) is 10.2. The Morgan fingerprint density at radius 2 is 1.76 bits per heavy atom. The van der Waals surface area contributed by atoms with E-state index in [9.17, 15) is 4.79 Å². The van der Waals surface area contributed by atoms with Crippen LogP contribution in [0.1, 0.15) is 46.9 Å². The number of benzene rings is 3. The van der Waals surface area contributed by atoms with Crippen LogP contribution in [0.5, 0.6) is 5.75 Å². The first-order valence-electron chi connectivity index (χ1n) is 9.88. The molecule has 0 saturated carbocycles. The summed E-state index contributed by atoms with van der Waals surface area (Å²) in [7, 11) is 0. The average molecular weight is 406 g/mol. The van der Waals surface area contributed by atoms with Crippen molar-refractivity contribution in [2.45, 2.75) is 37.5 Å². The van der Waals surface area contributed by atoms with Gasteiger partial charge in [0.15, 0.2) is 0 Å². The van der Waals surface area contributed by atoms with Gasteiger partial charge in [0, 0.05) is 21.8 Å². The van der Waals surface area contributed by atoms with Crippen molar-refractivity contribution < 1.29 is 9.53 Å². The molecular formula is C25H27NO2S. The first-order valence-corrected chi connectivity index (χ1v) is 10.9. The van der Waals surface area contributed by atoms with Gasteiger partial charge in [-0.25, -0.2) is 0 Å². The highest BCUT2D eigenvalue weighted by molar-refractivity contribution is 7.98. The molecule has 1 atom stereocenters. The van der Waals surface area contributed by atoms with Gasteiger partial charge in [-0.2, -0.15) is 0 Å². The van der Waals surface area contributed by atoms with Gasteiger partial charge in [0.05, 0.1) is 12.6 Å². The number of amides is 1. The summed E-state index contributed by atoms with van der Waals surface area (Å²) in [6.07, 6.45) is 0. The molecule has 0 radical (unpaired) electrons. The highest BCUT2D eigenvalue weighted by Crippen LogP contribution is 2.29. The molecule has 0 aromatic heterocycles. The van der Waals surface area contributed by atoms with Crippen LogP contribution in [0.3, 0.4) is 0 Å². The highest BCUT2D eigenvalue weighted by Gasteiger charge is 2.14. The summed E-state index contributed by atoms with van der Waals surface area (Å²) >= 11 is 1.74. The minimum absolute atomic E-state index is 0.0550. The lowest BCUT2D eigenvalue weighted by Gasteiger charge is -2.16. The van der Waals surface area contributed by atoms with Gasteiger partial charge >= 0.3 is 0 Å². The molecule has 0 spiro atoms. The van der Waals surface area contributed by atoms with Crippen LogP contribution < -0.4 is 10.1 Å². The van der Waals surface area contributed by atoms with Gasteiger partial charge < -0.3 is 10.1 Å². The van der Waals surface area contributed by atoms with Gasteiger partial charge in [-0.3, -0.25) is 4.79 Å². The Morgan fingerprint density at radius 3 is 2.45 bits per heavy atom. The van der Waals surface area contributed by atoms with Crippen LogP contribution in [0.2, 0.25) is 0 Å². The van der Waals surface area contributed by atoms with E-state index in [0.717, 1.165) is 22.6 Å². The van der Waals surface area contributed by atoms with Crippen molar-refractivity contribution >= 4 is 17.7 Å². The van der Waals surface area contributed by atoms with Crippen LogP contribution in [0.15, 0.2) is 77.7 Å². The zero-order valence-electron chi connectivity index (χ0n) is 17.1. The topological polar surface area (TPSA) is 38.3 Å². The number of carbonyl (C=O) groups is 1. The van der Waals surface area contributed by atoms with Crippen LogP contribution in [0, 0.1) is 6.92 Å². The number of aryl methyl sites for hydroxylation is 1. The van der Waals surface area contributed by atoms with Crippen molar-refractivity contribution in [1.29, 1.82) is 0 Å². The molecule has 3 nitrogen and oxygen atoms in total. The maximum atomic E-state index is 12.8. The lowest BCUT2D eigenvalue weighted by atomic mass is 10.1. The second-order valence-electron chi connectivity index (χ2n) is 6.96. The van der Waals surface area contributed by atoms with E-state index in [-0.39, 0.29) is 11.9 Å². The zero-order chi connectivity index (χ0) is 20.6. The molecule has 29 heavy (non-hydrogen) atoms. The third-order valence-corrected chi connectivity index (χ3v) is 5.75. The minimum Gasteiger partial charge on any atom is -0.494 e. The molecule has 0 saturated heterocycles. The number of nitrogens with one attached hydrogen (secondary N) is 1. The van der Waals surface area contributed by atoms with E-state index in [1.54, 1.807) is 11.8 Å². The molecule has 1 amide bonds. The van der Waals surface area contributed by atoms with Crippen molar-refractivity contribution in [2.24, 2.45) is 0 Å². The molecule has 1 N–H and O–H groups in total. The molecule has 3 aromatic rings. The smallest absolute Gasteiger partial charge is 0.251 e. The van der Waals surface area contributed by atoms with Crippen molar-refractivity contribution in [3.05, 3.63) is 95.1 Å². The molecule has 0 aliphatic heterocycles. The summed E-state index contributed by atoms with van der Waals surface area (Å²) in [5, 5.41) is 3.08. The molecule has 0 fully saturated rings. The molecule has 0 aliphatic carbocycles. The van der Waals surface area contributed by atoms with Crippen molar-refractivity contribution in [3.63, 3.8) is 0 Å². The van der Waals surface area contributed by atoms with Gasteiger partial charge in [0.2, 0.25) is 0 Å². The summed E-state index contributed by atoms with van der Waals surface area (Å²) in [6.45, 7) is 6.65. The molecule has 0 aliphatic rings. The Bertz CT molecular complexity index is 939. The van der Waals surface area contributed by atoms with Crippen molar-refractivity contribution in [3.8, 4) is 5.75 Å². The van der Waals surface area contributed by atoms with Gasteiger partial charge in [0.1, 0.15) is 5.75 Å². The second-order valence-corrected chi connectivity index (χ2v) is 8.01. The Labute approximate surface area is 177 Å². The number of rotatable bonds is 8. The fraction of sp³-hybridized carbons (Fsp3) is 0.240. The average Bonchev–Trinajstić information content (AvgIpc) is 2.75. The molecule has 150 valence electrons. The number of thioether (sulfide) groups is 1. The third kappa shape index (κ3) is 5.88. The Morgan fingerprint density at radius 1 is 1.03 bits per heavy atom. The monoisotopic (exact) mass is 405 g/mol. The Balaban J connectivity index is 1.74. The molecular weight excluding hydrogens is 378 g/mol. The minimum atomic E-state index is -0.0778. The molecule has 4 heteroatoms. The van der Waals surface area contributed by atoms with Crippen LogP contribution in [-0.2, 0) is 5.75 Å². The zero-order valence-corrected chi connectivity index (χ0v) is 18.0. The molecule has 0 bridgehead atoms. The quantitative estimate of drug-likeness (QED) is 0.455. The third-order valence-electron chi connectivity index (χ3n) is 4.69. The summed E-state index contributed by atoms with van der Waals surface area (Å²) in [5.41, 5.74) is 4.01. The van der Waals surface area contributed by atoms with E-state index in [4.69, 9.17) is 4.74 Å².